The zero-order valence-electron chi connectivity index (χ0n) is 19.2. The number of pyridine rings is 1. The largest absolute Gasteiger partial charge is 0.369 e. The standard InChI is InChI=1S/C25H31N5O2/c1-17(2)25(4)14-22(32)29(23(26)28-25)15-18-10-11-27-20(12-18)30-16-24(3,13-21(30)31)19-8-6-5-7-9-19/h5-12,17H,13-16H2,1-4H3,(H2,26,28). The summed E-state index contributed by atoms with van der Waals surface area (Å²) in [4.78, 5) is 38.1. The van der Waals surface area contributed by atoms with E-state index < -0.39 is 5.54 Å². The molecule has 2 aromatic rings. The Labute approximate surface area is 189 Å². The number of aliphatic imine (C=N–C) groups is 1. The van der Waals surface area contributed by atoms with E-state index in [9.17, 15) is 9.59 Å². The summed E-state index contributed by atoms with van der Waals surface area (Å²) in [5, 5.41) is 0. The maximum absolute atomic E-state index is 12.9. The summed E-state index contributed by atoms with van der Waals surface area (Å²) in [5.41, 5.74) is 7.44. The van der Waals surface area contributed by atoms with E-state index in [1.807, 2.05) is 51.1 Å². The lowest BCUT2D eigenvalue weighted by Crippen LogP contribution is -2.51. The molecule has 2 aliphatic rings. The van der Waals surface area contributed by atoms with Crippen LogP contribution in [0.5, 0.6) is 0 Å². The van der Waals surface area contributed by atoms with Gasteiger partial charge in [-0.3, -0.25) is 19.4 Å². The second kappa shape index (κ2) is 8.04. The molecule has 2 unspecified atom stereocenters. The summed E-state index contributed by atoms with van der Waals surface area (Å²) in [6.45, 7) is 9.03. The van der Waals surface area contributed by atoms with E-state index in [-0.39, 0.29) is 29.1 Å². The summed E-state index contributed by atoms with van der Waals surface area (Å²) in [7, 11) is 0. The number of hydrogen-bond acceptors (Lipinski definition) is 5. The number of rotatable bonds is 5. The van der Waals surface area contributed by atoms with Crippen LogP contribution in [0.15, 0.2) is 53.7 Å². The molecule has 7 nitrogen and oxygen atoms in total. The lowest BCUT2D eigenvalue weighted by molar-refractivity contribution is -0.130. The van der Waals surface area contributed by atoms with E-state index in [4.69, 9.17) is 5.73 Å². The molecule has 1 aromatic heterocycles. The van der Waals surface area contributed by atoms with Crippen LogP contribution >= 0.6 is 0 Å². The highest BCUT2D eigenvalue weighted by Gasteiger charge is 2.42. The second-order valence-corrected chi connectivity index (χ2v) is 9.74. The zero-order valence-corrected chi connectivity index (χ0v) is 19.2. The summed E-state index contributed by atoms with van der Waals surface area (Å²) < 4.78 is 0. The van der Waals surface area contributed by atoms with Crippen molar-refractivity contribution in [1.29, 1.82) is 0 Å². The van der Waals surface area contributed by atoms with Gasteiger partial charge in [0.1, 0.15) is 5.82 Å². The number of nitrogens with zero attached hydrogens (tertiary/aromatic N) is 4. The Bertz CT molecular complexity index is 1070. The number of guanidine groups is 1. The summed E-state index contributed by atoms with van der Waals surface area (Å²) >= 11 is 0. The number of aromatic nitrogens is 1. The molecule has 7 heteroatoms. The number of hydrogen-bond donors (Lipinski definition) is 1. The third kappa shape index (κ3) is 3.99. The quantitative estimate of drug-likeness (QED) is 0.784. The fraction of sp³-hybridized carbons (Fsp3) is 0.440. The van der Waals surface area contributed by atoms with Gasteiger partial charge in [-0.1, -0.05) is 51.1 Å². The predicted octanol–water partition coefficient (Wildman–Crippen LogP) is 3.24. The lowest BCUT2D eigenvalue weighted by Gasteiger charge is -2.37. The van der Waals surface area contributed by atoms with Crippen LogP contribution in [0.4, 0.5) is 5.82 Å². The average molecular weight is 434 g/mol. The number of benzene rings is 1. The Kier molecular flexibility index (Phi) is 5.53. The van der Waals surface area contributed by atoms with Crippen LogP contribution in [0.1, 0.15) is 51.7 Å². The molecular formula is C25H31N5O2. The Balaban J connectivity index is 1.55. The van der Waals surface area contributed by atoms with E-state index >= 15 is 0 Å². The van der Waals surface area contributed by atoms with Gasteiger partial charge in [0.15, 0.2) is 5.96 Å². The summed E-state index contributed by atoms with van der Waals surface area (Å²) in [5.74, 6) is 1.05. The molecule has 0 radical (unpaired) electrons. The van der Waals surface area contributed by atoms with Crippen LogP contribution in [0.25, 0.3) is 0 Å². The highest BCUT2D eigenvalue weighted by atomic mass is 16.2. The zero-order chi connectivity index (χ0) is 23.1. The SMILES string of the molecule is CC(C)C1(C)CC(=O)N(Cc2ccnc(N3CC(C)(c4ccccc4)CC3=O)c2)C(N)=N1. The van der Waals surface area contributed by atoms with Crippen molar-refractivity contribution in [2.75, 3.05) is 11.4 Å². The van der Waals surface area contributed by atoms with Gasteiger partial charge in [0, 0.05) is 24.6 Å². The van der Waals surface area contributed by atoms with Crippen molar-refractivity contribution in [3.63, 3.8) is 0 Å². The van der Waals surface area contributed by atoms with Crippen LogP contribution in [0.2, 0.25) is 0 Å². The van der Waals surface area contributed by atoms with Crippen LogP contribution in [-0.4, -0.2) is 39.7 Å². The van der Waals surface area contributed by atoms with Gasteiger partial charge in [0.2, 0.25) is 11.8 Å². The van der Waals surface area contributed by atoms with E-state index in [1.54, 1.807) is 11.1 Å². The second-order valence-electron chi connectivity index (χ2n) is 9.74. The predicted molar refractivity (Wildman–Crippen MR) is 125 cm³/mol. The Morgan fingerprint density at radius 1 is 1.06 bits per heavy atom. The Morgan fingerprint density at radius 2 is 1.78 bits per heavy atom. The maximum Gasteiger partial charge on any atom is 0.232 e. The van der Waals surface area contributed by atoms with E-state index in [0.717, 1.165) is 11.1 Å². The number of amides is 2. The molecule has 2 amide bonds. The topological polar surface area (TPSA) is 91.9 Å². The molecule has 2 atom stereocenters. The van der Waals surface area contributed by atoms with E-state index in [0.29, 0.717) is 31.7 Å². The van der Waals surface area contributed by atoms with Crippen LogP contribution < -0.4 is 10.6 Å². The van der Waals surface area contributed by atoms with Crippen molar-refractivity contribution in [3.05, 3.63) is 59.8 Å². The minimum absolute atomic E-state index is 0.0408. The first-order chi connectivity index (χ1) is 15.1. The molecule has 0 spiro atoms. The smallest absolute Gasteiger partial charge is 0.232 e. The van der Waals surface area contributed by atoms with Gasteiger partial charge in [-0.05, 0) is 36.1 Å². The Morgan fingerprint density at radius 3 is 2.44 bits per heavy atom. The molecule has 0 aliphatic carbocycles. The number of anilines is 1. The van der Waals surface area contributed by atoms with Gasteiger partial charge in [0.25, 0.3) is 0 Å². The van der Waals surface area contributed by atoms with Gasteiger partial charge in [-0.15, -0.1) is 0 Å². The lowest BCUT2D eigenvalue weighted by atomic mass is 9.82. The maximum atomic E-state index is 12.9. The fourth-order valence-electron chi connectivity index (χ4n) is 4.45. The minimum atomic E-state index is -0.481. The van der Waals surface area contributed by atoms with Crippen molar-refractivity contribution in [2.45, 2.75) is 58.0 Å². The highest BCUT2D eigenvalue weighted by Crippen LogP contribution is 2.37. The van der Waals surface area contributed by atoms with Gasteiger partial charge >= 0.3 is 0 Å². The summed E-state index contributed by atoms with van der Waals surface area (Å²) in [6.07, 6.45) is 2.43. The molecule has 2 aliphatic heterocycles. The highest BCUT2D eigenvalue weighted by molar-refractivity contribution is 5.99. The molecule has 1 aromatic carbocycles. The van der Waals surface area contributed by atoms with Crippen molar-refractivity contribution in [3.8, 4) is 0 Å². The molecule has 32 heavy (non-hydrogen) atoms. The van der Waals surface area contributed by atoms with Crippen LogP contribution in [0, 0.1) is 5.92 Å². The van der Waals surface area contributed by atoms with Crippen molar-refractivity contribution < 1.29 is 9.59 Å². The first-order valence-electron chi connectivity index (χ1n) is 11.1. The van der Waals surface area contributed by atoms with Crippen molar-refractivity contribution >= 4 is 23.6 Å². The van der Waals surface area contributed by atoms with E-state index in [1.165, 1.54) is 4.90 Å². The number of carbonyl (C=O) groups is 2. The molecule has 168 valence electrons. The number of carbonyl (C=O) groups excluding carboxylic acids is 2. The van der Waals surface area contributed by atoms with Gasteiger partial charge in [-0.25, -0.2) is 9.98 Å². The van der Waals surface area contributed by atoms with Crippen LogP contribution in [0.3, 0.4) is 0 Å². The van der Waals surface area contributed by atoms with Crippen LogP contribution in [-0.2, 0) is 21.5 Å². The normalized spacial score (nSPS) is 26.1. The molecule has 1 fully saturated rings. The van der Waals surface area contributed by atoms with Gasteiger partial charge in [-0.2, -0.15) is 0 Å². The molecule has 1 saturated heterocycles. The molecule has 2 N–H and O–H groups in total. The van der Waals surface area contributed by atoms with Gasteiger partial charge < -0.3 is 5.73 Å². The third-order valence-corrected chi connectivity index (χ3v) is 6.95. The number of nitrogens with two attached hydrogens (primary N) is 1. The van der Waals surface area contributed by atoms with E-state index in [2.05, 4.69) is 29.0 Å². The monoisotopic (exact) mass is 433 g/mol. The molecule has 3 heterocycles. The Hall–Kier alpha value is -3.22. The molecular weight excluding hydrogens is 402 g/mol. The summed E-state index contributed by atoms with van der Waals surface area (Å²) in [6, 6.07) is 13.8. The fourth-order valence-corrected chi connectivity index (χ4v) is 4.45. The average Bonchev–Trinajstić information content (AvgIpc) is 3.07. The van der Waals surface area contributed by atoms with Crippen molar-refractivity contribution in [2.24, 2.45) is 16.6 Å². The molecule has 4 rings (SSSR count). The first-order valence-corrected chi connectivity index (χ1v) is 11.1. The molecule has 0 saturated carbocycles. The minimum Gasteiger partial charge on any atom is -0.369 e. The van der Waals surface area contributed by atoms with Crippen molar-refractivity contribution in [1.82, 2.24) is 9.88 Å². The van der Waals surface area contributed by atoms with Gasteiger partial charge in [0.05, 0.1) is 18.5 Å². The first kappa shape index (κ1) is 22.0. The third-order valence-electron chi connectivity index (χ3n) is 6.95. The molecule has 0 bridgehead atoms.